The number of benzene rings is 2. The molecule has 2 aromatic rings. The molecule has 0 unspecified atom stereocenters. The highest BCUT2D eigenvalue weighted by molar-refractivity contribution is 6.04. The summed E-state index contributed by atoms with van der Waals surface area (Å²) in [5.41, 5.74) is 1.85. The molecular weight excluding hydrogens is 295 g/mol. The van der Waals surface area contributed by atoms with Crippen LogP contribution in [0, 0.1) is 5.82 Å². The number of halogens is 1. The van der Waals surface area contributed by atoms with Crippen molar-refractivity contribution in [3.63, 3.8) is 0 Å². The van der Waals surface area contributed by atoms with Gasteiger partial charge in [0.05, 0.1) is 0 Å². The van der Waals surface area contributed by atoms with Gasteiger partial charge in [-0.15, -0.1) is 0 Å². The van der Waals surface area contributed by atoms with Crippen molar-refractivity contribution in [3.8, 4) is 0 Å². The van der Waals surface area contributed by atoms with E-state index in [2.05, 4.69) is 5.32 Å². The first-order valence-electron chi connectivity index (χ1n) is 7.51. The minimum absolute atomic E-state index is 0.0237. The number of hydrogen-bond acceptors (Lipinski definition) is 2. The third-order valence-corrected chi connectivity index (χ3v) is 3.76. The molecule has 4 nitrogen and oxygen atoms in total. The molecule has 5 heteroatoms. The minimum atomic E-state index is -0.379. The lowest BCUT2D eigenvalue weighted by atomic mass is 10.2. The van der Waals surface area contributed by atoms with Crippen molar-refractivity contribution in [1.29, 1.82) is 0 Å². The summed E-state index contributed by atoms with van der Waals surface area (Å²) in [6, 6.07) is 12.8. The fraction of sp³-hybridized carbons (Fsp3) is 0.222. The van der Waals surface area contributed by atoms with E-state index in [0.29, 0.717) is 17.3 Å². The van der Waals surface area contributed by atoms with E-state index in [1.54, 1.807) is 24.0 Å². The summed E-state index contributed by atoms with van der Waals surface area (Å²) >= 11 is 0. The van der Waals surface area contributed by atoms with Crippen LogP contribution < -0.4 is 10.2 Å². The molecule has 1 aliphatic carbocycles. The molecule has 0 saturated heterocycles. The summed E-state index contributed by atoms with van der Waals surface area (Å²) in [5.74, 6) is -0.658. The van der Waals surface area contributed by atoms with Gasteiger partial charge in [0.2, 0.25) is 5.91 Å². The van der Waals surface area contributed by atoms with Crippen molar-refractivity contribution in [3.05, 3.63) is 59.9 Å². The molecule has 0 aliphatic heterocycles. The number of amides is 2. The molecule has 3 rings (SSSR count). The number of nitrogens with zero attached hydrogens (tertiary/aromatic N) is 1. The Labute approximate surface area is 133 Å². The maximum Gasteiger partial charge on any atom is 0.255 e. The van der Waals surface area contributed by atoms with Gasteiger partial charge >= 0.3 is 0 Å². The Morgan fingerprint density at radius 2 is 1.65 bits per heavy atom. The Morgan fingerprint density at radius 3 is 2.17 bits per heavy atom. The van der Waals surface area contributed by atoms with Crippen molar-refractivity contribution in [1.82, 2.24) is 0 Å². The van der Waals surface area contributed by atoms with E-state index in [9.17, 15) is 14.0 Å². The molecular formula is C18H17FN2O2. The fourth-order valence-corrected chi connectivity index (χ4v) is 2.49. The first kappa shape index (κ1) is 15.2. The molecule has 0 heterocycles. The zero-order valence-electron chi connectivity index (χ0n) is 12.8. The highest BCUT2D eigenvalue weighted by Crippen LogP contribution is 2.32. The SMILES string of the molecule is CC(=O)N(c1ccc(NC(=O)c2ccc(F)cc2)cc1)C1CC1. The van der Waals surface area contributed by atoms with Gasteiger partial charge in [0, 0.05) is 29.9 Å². The molecule has 0 spiro atoms. The highest BCUT2D eigenvalue weighted by Gasteiger charge is 2.31. The Morgan fingerprint density at radius 1 is 1.04 bits per heavy atom. The second-order valence-electron chi connectivity index (χ2n) is 5.63. The number of hydrogen-bond donors (Lipinski definition) is 1. The second-order valence-corrected chi connectivity index (χ2v) is 5.63. The summed E-state index contributed by atoms with van der Waals surface area (Å²) in [6.45, 7) is 1.56. The van der Waals surface area contributed by atoms with Gasteiger partial charge in [-0.05, 0) is 61.4 Å². The topological polar surface area (TPSA) is 49.4 Å². The lowest BCUT2D eigenvalue weighted by Crippen LogP contribution is -2.30. The molecule has 0 aromatic heterocycles. The smallest absolute Gasteiger partial charge is 0.255 e. The minimum Gasteiger partial charge on any atom is -0.322 e. The van der Waals surface area contributed by atoms with E-state index in [4.69, 9.17) is 0 Å². The van der Waals surface area contributed by atoms with Crippen LogP contribution in [0.4, 0.5) is 15.8 Å². The maximum absolute atomic E-state index is 12.9. The van der Waals surface area contributed by atoms with Crippen LogP contribution in [0.3, 0.4) is 0 Å². The van der Waals surface area contributed by atoms with E-state index in [1.807, 2.05) is 12.1 Å². The van der Waals surface area contributed by atoms with E-state index in [0.717, 1.165) is 18.5 Å². The molecule has 118 valence electrons. The van der Waals surface area contributed by atoms with E-state index >= 15 is 0 Å². The van der Waals surface area contributed by atoms with Gasteiger partial charge in [-0.25, -0.2) is 4.39 Å². The first-order chi connectivity index (χ1) is 11.0. The van der Waals surface area contributed by atoms with Crippen molar-refractivity contribution >= 4 is 23.2 Å². The Hall–Kier alpha value is -2.69. The third-order valence-electron chi connectivity index (χ3n) is 3.76. The Balaban J connectivity index is 1.71. The molecule has 0 atom stereocenters. The quantitative estimate of drug-likeness (QED) is 0.938. The number of carbonyl (C=O) groups is 2. The zero-order valence-corrected chi connectivity index (χ0v) is 12.8. The van der Waals surface area contributed by atoms with Crippen LogP contribution in [-0.2, 0) is 4.79 Å². The predicted octanol–water partition coefficient (Wildman–Crippen LogP) is 3.59. The van der Waals surface area contributed by atoms with Crippen LogP contribution in [-0.4, -0.2) is 17.9 Å². The number of carbonyl (C=O) groups excluding carboxylic acids is 2. The number of anilines is 2. The van der Waals surface area contributed by atoms with Gasteiger partial charge in [0.15, 0.2) is 0 Å². The number of rotatable bonds is 4. The average molecular weight is 312 g/mol. The van der Waals surface area contributed by atoms with Crippen molar-refractivity contribution in [2.75, 3.05) is 10.2 Å². The summed E-state index contributed by atoms with van der Waals surface area (Å²) in [7, 11) is 0. The first-order valence-corrected chi connectivity index (χ1v) is 7.51. The largest absolute Gasteiger partial charge is 0.322 e. The third kappa shape index (κ3) is 3.56. The average Bonchev–Trinajstić information content (AvgIpc) is 3.34. The lowest BCUT2D eigenvalue weighted by Gasteiger charge is -2.21. The zero-order chi connectivity index (χ0) is 16.4. The van der Waals surface area contributed by atoms with Gasteiger partial charge in [-0.3, -0.25) is 9.59 Å². The summed E-state index contributed by atoms with van der Waals surface area (Å²) in [4.78, 5) is 25.6. The summed E-state index contributed by atoms with van der Waals surface area (Å²) < 4.78 is 12.9. The van der Waals surface area contributed by atoms with E-state index in [1.165, 1.54) is 24.3 Å². The molecule has 2 aromatic carbocycles. The number of nitrogens with one attached hydrogen (secondary N) is 1. The monoisotopic (exact) mass is 312 g/mol. The Kier molecular flexibility index (Phi) is 4.10. The van der Waals surface area contributed by atoms with Gasteiger partial charge < -0.3 is 10.2 Å². The van der Waals surface area contributed by atoms with Gasteiger partial charge in [-0.2, -0.15) is 0 Å². The molecule has 1 fully saturated rings. The second kappa shape index (κ2) is 6.20. The molecule has 1 saturated carbocycles. The molecule has 0 bridgehead atoms. The van der Waals surface area contributed by atoms with Crippen molar-refractivity contribution in [2.45, 2.75) is 25.8 Å². The highest BCUT2D eigenvalue weighted by atomic mass is 19.1. The fourth-order valence-electron chi connectivity index (χ4n) is 2.49. The molecule has 23 heavy (non-hydrogen) atoms. The summed E-state index contributed by atoms with van der Waals surface area (Å²) in [6.07, 6.45) is 2.06. The molecule has 0 radical (unpaired) electrons. The molecule has 1 aliphatic rings. The van der Waals surface area contributed by atoms with Gasteiger partial charge in [-0.1, -0.05) is 0 Å². The van der Waals surface area contributed by atoms with Crippen LogP contribution in [0.25, 0.3) is 0 Å². The Bertz CT molecular complexity index is 722. The van der Waals surface area contributed by atoms with Crippen LogP contribution in [0.1, 0.15) is 30.1 Å². The van der Waals surface area contributed by atoms with E-state index < -0.39 is 0 Å². The lowest BCUT2D eigenvalue weighted by molar-refractivity contribution is -0.116. The van der Waals surface area contributed by atoms with Crippen LogP contribution in [0.5, 0.6) is 0 Å². The van der Waals surface area contributed by atoms with Gasteiger partial charge in [0.25, 0.3) is 5.91 Å². The van der Waals surface area contributed by atoms with Crippen LogP contribution >= 0.6 is 0 Å². The standard InChI is InChI=1S/C18H17FN2O2/c1-12(22)21(17-10-11-17)16-8-6-15(7-9-16)20-18(23)13-2-4-14(19)5-3-13/h2-9,17H,10-11H2,1H3,(H,20,23). The normalized spacial score (nSPS) is 13.5. The van der Waals surface area contributed by atoms with Crippen LogP contribution in [0.15, 0.2) is 48.5 Å². The predicted molar refractivity (Wildman–Crippen MR) is 87.0 cm³/mol. The van der Waals surface area contributed by atoms with Crippen molar-refractivity contribution < 1.29 is 14.0 Å². The molecule has 2 amide bonds. The van der Waals surface area contributed by atoms with Crippen LogP contribution in [0.2, 0.25) is 0 Å². The van der Waals surface area contributed by atoms with Gasteiger partial charge in [0.1, 0.15) is 5.82 Å². The molecule has 1 N–H and O–H groups in total. The van der Waals surface area contributed by atoms with E-state index in [-0.39, 0.29) is 17.6 Å². The van der Waals surface area contributed by atoms with Crippen molar-refractivity contribution in [2.24, 2.45) is 0 Å². The maximum atomic E-state index is 12.9. The summed E-state index contributed by atoms with van der Waals surface area (Å²) in [5, 5.41) is 2.75.